The van der Waals surface area contributed by atoms with Crippen LogP contribution in [0.25, 0.3) is 11.2 Å². The van der Waals surface area contributed by atoms with E-state index >= 15 is 0 Å². The van der Waals surface area contributed by atoms with Crippen LogP contribution in [-0.2, 0) is 24.9 Å². The molecular weight excluding hydrogens is 460 g/mol. The van der Waals surface area contributed by atoms with Crippen molar-refractivity contribution in [2.75, 3.05) is 19.8 Å². The minimum atomic E-state index is -0.478. The van der Waals surface area contributed by atoms with E-state index in [1.165, 1.54) is 23.8 Å². The predicted octanol–water partition coefficient (Wildman–Crippen LogP) is 2.71. The van der Waals surface area contributed by atoms with Gasteiger partial charge in [-0.15, -0.1) is 0 Å². The molecular formula is C24H31ClN4O5. The number of nitrogens with zero attached hydrogens (tertiary/aromatic N) is 4. The number of aryl methyl sites for hydroxylation is 1. The smallest absolute Gasteiger partial charge is 0.332 e. The Labute approximate surface area is 202 Å². The molecule has 34 heavy (non-hydrogen) atoms. The lowest BCUT2D eigenvalue weighted by Crippen LogP contribution is -2.39. The monoisotopic (exact) mass is 490 g/mol. The number of benzene rings is 1. The van der Waals surface area contributed by atoms with Crippen LogP contribution < -0.4 is 16.0 Å². The molecule has 1 N–H and O–H groups in total. The van der Waals surface area contributed by atoms with Crippen molar-refractivity contribution >= 4 is 22.8 Å². The van der Waals surface area contributed by atoms with Crippen molar-refractivity contribution < 1.29 is 14.6 Å². The second kappa shape index (κ2) is 11.2. The summed E-state index contributed by atoms with van der Waals surface area (Å²) in [5.74, 6) is 0. The van der Waals surface area contributed by atoms with Crippen LogP contribution in [0.2, 0.25) is 5.02 Å². The number of aliphatic hydroxyl groups is 1. The van der Waals surface area contributed by atoms with Crippen molar-refractivity contribution in [2.24, 2.45) is 7.05 Å². The first-order valence-electron chi connectivity index (χ1n) is 11.8. The first-order chi connectivity index (χ1) is 16.5. The second-order valence-corrected chi connectivity index (χ2v) is 9.07. The van der Waals surface area contributed by atoms with E-state index in [4.69, 9.17) is 21.1 Å². The van der Waals surface area contributed by atoms with Gasteiger partial charge in [-0.25, -0.2) is 4.79 Å². The summed E-state index contributed by atoms with van der Waals surface area (Å²) in [6.45, 7) is 1.03. The number of hydrogen-bond donors (Lipinski definition) is 1. The number of rotatable bonds is 10. The molecule has 0 aliphatic heterocycles. The third-order valence-electron chi connectivity index (χ3n) is 6.21. The highest BCUT2D eigenvalue weighted by atomic mass is 35.5. The van der Waals surface area contributed by atoms with Gasteiger partial charge < -0.3 is 14.6 Å². The first-order valence-corrected chi connectivity index (χ1v) is 12.2. The number of ether oxygens (including phenoxy) is 2. The van der Waals surface area contributed by atoms with Gasteiger partial charge in [0.25, 0.3) is 11.6 Å². The van der Waals surface area contributed by atoms with E-state index in [9.17, 15) is 14.7 Å². The third kappa shape index (κ3) is 5.37. The molecule has 3 aromatic rings. The largest absolute Gasteiger partial charge is 0.462 e. The summed E-state index contributed by atoms with van der Waals surface area (Å²) in [5.41, 5.74) is 0.503. The van der Waals surface area contributed by atoms with Gasteiger partial charge in [-0.05, 0) is 37.0 Å². The lowest BCUT2D eigenvalue weighted by molar-refractivity contribution is 0.0112. The highest BCUT2D eigenvalue weighted by Crippen LogP contribution is 2.22. The first kappa shape index (κ1) is 24.5. The predicted molar refractivity (Wildman–Crippen MR) is 130 cm³/mol. The maximum absolute atomic E-state index is 13.3. The number of aliphatic hydroxyl groups excluding tert-OH is 1. The number of imidazole rings is 1. The number of fused-ring (bicyclic) bond motifs is 1. The Morgan fingerprint density at radius 1 is 1.09 bits per heavy atom. The molecule has 2 heterocycles. The van der Waals surface area contributed by atoms with Crippen molar-refractivity contribution in [1.29, 1.82) is 0 Å². The molecule has 0 amide bonds. The quantitative estimate of drug-likeness (QED) is 0.438. The molecule has 0 spiro atoms. The van der Waals surface area contributed by atoms with Crippen LogP contribution >= 0.6 is 11.6 Å². The molecule has 184 valence electrons. The summed E-state index contributed by atoms with van der Waals surface area (Å²) < 4.78 is 16.1. The Bertz CT molecular complexity index is 1230. The van der Waals surface area contributed by atoms with Crippen molar-refractivity contribution in [3.63, 3.8) is 0 Å². The van der Waals surface area contributed by atoms with E-state index < -0.39 is 11.2 Å². The van der Waals surface area contributed by atoms with Crippen molar-refractivity contribution in [3.05, 3.63) is 55.7 Å². The highest BCUT2D eigenvalue weighted by Gasteiger charge is 2.22. The summed E-state index contributed by atoms with van der Waals surface area (Å²) in [6, 6.07) is 7.56. The summed E-state index contributed by atoms with van der Waals surface area (Å²) in [4.78, 5) is 30.6. The Balaban J connectivity index is 1.67. The fraction of sp³-hybridized carbons (Fsp3) is 0.542. The average molecular weight is 491 g/mol. The molecule has 1 aliphatic rings. The van der Waals surface area contributed by atoms with Gasteiger partial charge in [-0.1, -0.05) is 43.0 Å². The molecule has 0 saturated heterocycles. The minimum Gasteiger partial charge on any atom is -0.462 e. The summed E-state index contributed by atoms with van der Waals surface area (Å²) in [7, 11) is 1.58. The zero-order chi connectivity index (χ0) is 24.1. The summed E-state index contributed by atoms with van der Waals surface area (Å²) >= 11 is 6.03. The highest BCUT2D eigenvalue weighted by molar-refractivity contribution is 6.30. The van der Waals surface area contributed by atoms with Crippen molar-refractivity contribution in [3.8, 4) is 6.01 Å². The van der Waals surface area contributed by atoms with Crippen LogP contribution in [0.5, 0.6) is 6.01 Å². The maximum Gasteiger partial charge on any atom is 0.332 e. The van der Waals surface area contributed by atoms with Crippen molar-refractivity contribution in [1.82, 2.24) is 18.7 Å². The molecule has 2 aromatic heterocycles. The molecule has 0 bridgehead atoms. The number of hydrogen-bond acceptors (Lipinski definition) is 6. The zero-order valence-electron chi connectivity index (χ0n) is 19.4. The standard InChI is InChI=1S/C24H31ClN4O5/c1-27-21-20(22(31)28(24(27)32)12-5-13-30)29(16-17-8-10-18(25)11-9-17)23(26-21)34-15-14-33-19-6-3-2-4-7-19/h8-11,19,30H,2-7,12-16H2,1H3. The van der Waals surface area contributed by atoms with Gasteiger partial charge in [-0.2, -0.15) is 4.98 Å². The van der Waals surface area contributed by atoms with Crippen LogP contribution in [-0.4, -0.2) is 49.7 Å². The molecule has 1 fully saturated rings. The topological polar surface area (TPSA) is 101 Å². The van der Waals surface area contributed by atoms with Crippen LogP contribution in [0.1, 0.15) is 44.1 Å². The molecule has 9 nitrogen and oxygen atoms in total. The number of aromatic nitrogens is 4. The molecule has 10 heteroatoms. The van der Waals surface area contributed by atoms with Crippen LogP contribution in [0, 0.1) is 0 Å². The SMILES string of the molecule is Cn1c(=O)n(CCCO)c(=O)c2c1nc(OCCOC1CCCCC1)n2Cc1ccc(Cl)cc1. The summed E-state index contributed by atoms with van der Waals surface area (Å²) in [6.07, 6.45) is 6.37. The molecule has 4 rings (SSSR count). The molecule has 1 saturated carbocycles. The van der Waals surface area contributed by atoms with Crippen LogP contribution in [0.4, 0.5) is 0 Å². The van der Waals surface area contributed by atoms with Gasteiger partial charge in [0.1, 0.15) is 6.61 Å². The molecule has 0 unspecified atom stereocenters. The fourth-order valence-electron chi connectivity index (χ4n) is 4.39. The van der Waals surface area contributed by atoms with E-state index in [0.717, 1.165) is 23.0 Å². The van der Waals surface area contributed by atoms with Gasteiger partial charge in [0.15, 0.2) is 11.2 Å². The van der Waals surface area contributed by atoms with Crippen molar-refractivity contribution in [2.45, 2.75) is 57.7 Å². The normalized spacial score (nSPS) is 14.7. The van der Waals surface area contributed by atoms with Gasteiger partial charge in [0.05, 0.1) is 19.3 Å². The Morgan fingerprint density at radius 3 is 2.53 bits per heavy atom. The van der Waals surface area contributed by atoms with E-state index in [0.29, 0.717) is 24.6 Å². The fourth-order valence-corrected chi connectivity index (χ4v) is 4.51. The summed E-state index contributed by atoms with van der Waals surface area (Å²) in [5, 5.41) is 9.81. The van der Waals surface area contributed by atoms with E-state index in [-0.39, 0.29) is 43.0 Å². The second-order valence-electron chi connectivity index (χ2n) is 8.63. The van der Waals surface area contributed by atoms with Crippen LogP contribution in [0.3, 0.4) is 0 Å². The lowest BCUT2D eigenvalue weighted by atomic mass is 9.98. The van der Waals surface area contributed by atoms with Crippen LogP contribution in [0.15, 0.2) is 33.9 Å². The Hall–Kier alpha value is -2.62. The minimum absolute atomic E-state index is 0.118. The lowest BCUT2D eigenvalue weighted by Gasteiger charge is -2.21. The van der Waals surface area contributed by atoms with E-state index in [2.05, 4.69) is 4.98 Å². The Morgan fingerprint density at radius 2 is 1.82 bits per heavy atom. The Kier molecular flexibility index (Phi) is 8.07. The van der Waals surface area contributed by atoms with E-state index in [1.54, 1.807) is 23.7 Å². The van der Waals surface area contributed by atoms with E-state index in [1.807, 2.05) is 12.1 Å². The number of halogens is 1. The third-order valence-corrected chi connectivity index (χ3v) is 6.46. The van der Waals surface area contributed by atoms with Gasteiger partial charge >= 0.3 is 5.69 Å². The van der Waals surface area contributed by atoms with Gasteiger partial charge in [0.2, 0.25) is 0 Å². The van der Waals surface area contributed by atoms with Gasteiger partial charge in [0, 0.05) is 25.2 Å². The zero-order valence-corrected chi connectivity index (χ0v) is 20.2. The van der Waals surface area contributed by atoms with Gasteiger partial charge in [-0.3, -0.25) is 18.5 Å². The molecule has 1 aliphatic carbocycles. The molecule has 0 atom stereocenters. The average Bonchev–Trinajstić information content (AvgIpc) is 3.21. The maximum atomic E-state index is 13.3. The molecule has 1 aromatic carbocycles. The molecule has 0 radical (unpaired) electrons.